The number of isocyanates is 1. The molecule has 32 valence electrons. The van der Waals surface area contributed by atoms with Crippen molar-refractivity contribution in [1.29, 1.82) is 10.7 Å². The number of hydrogen-bond acceptors (Lipinski definition) is 4. The number of hydrogen-bond donors (Lipinski definition) is 2. The standard InChI is InChI=1S/CHNO.CHNS/c2*2-1-3/h2H;3H. The molecular formula is C2H2N2OS. The summed E-state index contributed by atoms with van der Waals surface area (Å²) in [6.45, 7) is 0. The molecule has 0 radical (unpaired) electrons. The lowest BCUT2D eigenvalue weighted by molar-refractivity contribution is 0.563. The molecule has 0 aliphatic heterocycles. The zero-order valence-corrected chi connectivity index (χ0v) is 3.70. The average molecular weight is 102 g/mol. The van der Waals surface area contributed by atoms with Gasteiger partial charge < -0.3 is 0 Å². The van der Waals surface area contributed by atoms with Crippen molar-refractivity contribution >= 4 is 18.7 Å². The second kappa shape index (κ2) is 29.4. The largest absolute Gasteiger partial charge is 0.231 e. The Morgan fingerprint density at radius 1 is 1.83 bits per heavy atom. The molecule has 0 atom stereocenters. The van der Waals surface area contributed by atoms with E-state index in [2.05, 4.69) is 12.6 Å². The van der Waals surface area contributed by atoms with Gasteiger partial charge >= 0.3 is 0 Å². The first-order chi connectivity index (χ1) is 2.83. The molecule has 3 nitrogen and oxygen atoms in total. The second-order valence-corrected chi connectivity index (χ2v) is 0.402. The molecule has 0 aliphatic rings. The number of carbonyl (C=O) groups excluding carboxylic acids is 1. The van der Waals surface area contributed by atoms with Crippen LogP contribution < -0.4 is 0 Å². The van der Waals surface area contributed by atoms with E-state index in [-0.39, 0.29) is 0 Å². The van der Waals surface area contributed by atoms with Crippen LogP contribution in [-0.4, -0.2) is 6.08 Å². The van der Waals surface area contributed by atoms with Gasteiger partial charge in [0.25, 0.3) is 0 Å². The molecule has 1 N–H and O–H groups in total. The highest BCUT2D eigenvalue weighted by molar-refractivity contribution is 7.85. The number of thiocyanates is 1. The van der Waals surface area contributed by atoms with E-state index >= 15 is 0 Å². The molecule has 6 heavy (non-hydrogen) atoms. The van der Waals surface area contributed by atoms with E-state index in [4.69, 9.17) is 15.5 Å². The van der Waals surface area contributed by atoms with Crippen LogP contribution in [-0.2, 0) is 4.79 Å². The molecule has 0 aromatic rings. The van der Waals surface area contributed by atoms with Gasteiger partial charge in [0.1, 0.15) is 5.40 Å². The van der Waals surface area contributed by atoms with Crippen molar-refractivity contribution in [1.82, 2.24) is 0 Å². The minimum atomic E-state index is 0.750. The Labute approximate surface area is 40.5 Å². The zero-order valence-electron chi connectivity index (χ0n) is 2.80. The Morgan fingerprint density at radius 3 is 1.83 bits per heavy atom. The van der Waals surface area contributed by atoms with Crippen LogP contribution in [0.25, 0.3) is 0 Å². The van der Waals surface area contributed by atoms with E-state index in [9.17, 15) is 0 Å². The smallest absolute Gasteiger partial charge is 0.222 e. The van der Waals surface area contributed by atoms with E-state index < -0.39 is 0 Å². The molecule has 0 heterocycles. The highest BCUT2D eigenvalue weighted by Gasteiger charge is 1.18. The third kappa shape index (κ3) is 26.1. The maximum atomic E-state index is 8.35. The summed E-state index contributed by atoms with van der Waals surface area (Å²) in [5.74, 6) is 0. The lowest BCUT2D eigenvalue weighted by atomic mass is 11.7. The summed E-state index contributed by atoms with van der Waals surface area (Å²) < 4.78 is 0. The fraction of sp³-hybridized carbons (Fsp3) is 0. The Morgan fingerprint density at radius 2 is 1.83 bits per heavy atom. The van der Waals surface area contributed by atoms with E-state index in [0.29, 0.717) is 0 Å². The van der Waals surface area contributed by atoms with Crippen LogP contribution in [0.1, 0.15) is 0 Å². The molecule has 0 aliphatic carbocycles. The molecule has 0 unspecified atom stereocenters. The van der Waals surface area contributed by atoms with Crippen molar-refractivity contribution in [2.24, 2.45) is 0 Å². The summed E-state index contributed by atoms with van der Waals surface area (Å²) in [5.41, 5.74) is 0. The molecule has 0 aromatic carbocycles. The van der Waals surface area contributed by atoms with Gasteiger partial charge in [-0.1, -0.05) is 12.6 Å². The fourth-order valence-corrected chi connectivity index (χ4v) is 0. The van der Waals surface area contributed by atoms with Crippen molar-refractivity contribution in [2.75, 3.05) is 0 Å². The van der Waals surface area contributed by atoms with Gasteiger partial charge in [0.05, 0.1) is 0 Å². The van der Waals surface area contributed by atoms with Crippen LogP contribution in [0.5, 0.6) is 0 Å². The topological polar surface area (TPSA) is 64.7 Å². The van der Waals surface area contributed by atoms with Gasteiger partial charge in [-0.15, -0.1) is 0 Å². The molecule has 0 aromatic heterocycles. The number of rotatable bonds is 0. The van der Waals surface area contributed by atoms with Crippen molar-refractivity contribution < 1.29 is 4.79 Å². The first kappa shape index (κ1) is 8.97. The molecule has 4 heteroatoms. The maximum absolute atomic E-state index is 8.35. The first-order valence-electron chi connectivity index (χ1n) is 0.901. The van der Waals surface area contributed by atoms with Crippen LogP contribution in [0, 0.1) is 16.1 Å². The Kier molecular flexibility index (Phi) is 43.9. The number of thiol groups is 1. The monoisotopic (exact) mass is 102 g/mol. The number of nitrogens with one attached hydrogen (secondary N) is 1. The zero-order chi connectivity index (χ0) is 5.41. The van der Waals surface area contributed by atoms with Gasteiger partial charge in [0, 0.05) is 0 Å². The molecule has 0 saturated heterocycles. The van der Waals surface area contributed by atoms with Crippen LogP contribution in [0.15, 0.2) is 0 Å². The summed E-state index contributed by atoms with van der Waals surface area (Å²) in [6, 6.07) is 0. The van der Waals surface area contributed by atoms with Crippen molar-refractivity contribution in [3.05, 3.63) is 0 Å². The lowest BCUT2D eigenvalue weighted by Gasteiger charge is -1.14. The van der Waals surface area contributed by atoms with Crippen molar-refractivity contribution in [3.63, 3.8) is 0 Å². The van der Waals surface area contributed by atoms with Gasteiger partial charge in [0.15, 0.2) is 0 Å². The molecule has 0 fully saturated rings. The Balaban J connectivity index is 0. The fourth-order valence-electron chi connectivity index (χ4n) is 0. The van der Waals surface area contributed by atoms with Gasteiger partial charge in [0.2, 0.25) is 6.08 Å². The Hall–Kier alpha value is -0.780. The predicted octanol–water partition coefficient (Wildman–Crippen LogP) is 0.298. The van der Waals surface area contributed by atoms with Crippen LogP contribution in [0.2, 0.25) is 0 Å². The molecule has 0 bridgehead atoms. The van der Waals surface area contributed by atoms with E-state index in [1.54, 1.807) is 0 Å². The molecule has 0 spiro atoms. The highest BCUT2D eigenvalue weighted by Crippen LogP contribution is 1.46. The molecular weight excluding hydrogens is 100 g/mol. The lowest BCUT2D eigenvalue weighted by Crippen LogP contribution is -1.16. The van der Waals surface area contributed by atoms with Crippen LogP contribution in [0.3, 0.4) is 0 Å². The minimum Gasteiger partial charge on any atom is -0.222 e. The second-order valence-electron chi connectivity index (χ2n) is 0.202. The van der Waals surface area contributed by atoms with Gasteiger partial charge in [-0.3, -0.25) is 0 Å². The summed E-state index contributed by atoms with van der Waals surface area (Å²) in [4.78, 5) is 8.35. The highest BCUT2D eigenvalue weighted by atomic mass is 32.1. The van der Waals surface area contributed by atoms with Crippen LogP contribution in [0.4, 0.5) is 0 Å². The third-order valence-corrected chi connectivity index (χ3v) is 0. The summed E-state index contributed by atoms with van der Waals surface area (Å²) in [7, 11) is 0. The summed E-state index contributed by atoms with van der Waals surface area (Å²) >= 11 is 3.09. The Bertz CT molecular complexity index is 78.0. The maximum Gasteiger partial charge on any atom is 0.231 e. The normalized spacial score (nSPS) is 2.67. The molecule has 0 saturated carbocycles. The van der Waals surface area contributed by atoms with Gasteiger partial charge in [-0.2, -0.15) is 5.26 Å². The SMILES string of the molecule is N#CS.N=C=O. The average Bonchev–Trinajstić information content (AvgIpc) is 1.39. The first-order valence-corrected chi connectivity index (χ1v) is 1.35. The van der Waals surface area contributed by atoms with E-state index in [1.807, 2.05) is 0 Å². The van der Waals surface area contributed by atoms with E-state index in [1.165, 1.54) is 5.40 Å². The predicted molar refractivity (Wildman–Crippen MR) is 23.0 cm³/mol. The quantitative estimate of drug-likeness (QED) is 0.200. The number of nitrogens with zero attached hydrogens (tertiary/aromatic N) is 1. The number of nitriles is 1. The molecule has 0 amide bonds. The van der Waals surface area contributed by atoms with Gasteiger partial charge in [-0.25, -0.2) is 10.2 Å². The summed E-state index contributed by atoms with van der Waals surface area (Å²) in [6.07, 6.45) is 0.750. The molecule has 0 rings (SSSR count). The summed E-state index contributed by atoms with van der Waals surface area (Å²) in [5, 5.41) is 14.0. The van der Waals surface area contributed by atoms with Crippen molar-refractivity contribution in [3.8, 4) is 5.40 Å². The third-order valence-electron chi connectivity index (χ3n) is 0. The van der Waals surface area contributed by atoms with Crippen molar-refractivity contribution in [2.45, 2.75) is 0 Å². The van der Waals surface area contributed by atoms with Crippen LogP contribution >= 0.6 is 12.6 Å². The minimum absolute atomic E-state index is 0.750. The van der Waals surface area contributed by atoms with E-state index in [0.717, 1.165) is 6.08 Å². The van der Waals surface area contributed by atoms with Gasteiger partial charge in [-0.05, 0) is 0 Å².